The van der Waals surface area contributed by atoms with Gasteiger partial charge in [-0.1, -0.05) is 288 Å². The first-order valence-corrected chi connectivity index (χ1v) is 44.9. The van der Waals surface area contributed by atoms with Crippen LogP contribution in [0.4, 0.5) is 0 Å². The number of nitrogens with zero attached hydrogens (tertiary/aromatic N) is 8. The van der Waals surface area contributed by atoms with E-state index in [0.717, 1.165) is 83.5 Å². The van der Waals surface area contributed by atoms with E-state index in [1.165, 1.54) is 65.6 Å². The molecule has 19 aromatic rings. The van der Waals surface area contributed by atoms with Gasteiger partial charge in [0.05, 0.1) is 38.2 Å². The van der Waals surface area contributed by atoms with Crippen LogP contribution < -0.4 is 10.4 Å². The largest absolute Gasteiger partial charge is 0.309 e. The van der Waals surface area contributed by atoms with Crippen molar-refractivity contribution in [1.29, 1.82) is 0 Å². The summed E-state index contributed by atoms with van der Waals surface area (Å²) in [7, 11) is -2.59. The van der Waals surface area contributed by atoms with E-state index in [1.807, 2.05) is 140 Å². The van der Waals surface area contributed by atoms with E-state index < -0.39 is 16.1 Å². The average molecular weight is 1860 g/mol. The van der Waals surface area contributed by atoms with E-state index in [2.05, 4.69) is 318 Å². The van der Waals surface area contributed by atoms with E-state index in [0.29, 0.717) is 17.6 Å². The number of pyridine rings is 3. The molecule has 0 saturated carbocycles. The normalized spacial score (nSPS) is 11.1. The van der Waals surface area contributed by atoms with Gasteiger partial charge in [0.25, 0.3) is 0 Å². The molecule has 12 heteroatoms. The zero-order valence-corrected chi connectivity index (χ0v) is 70.9. The first-order valence-electron chi connectivity index (χ1n) is 37.9. The summed E-state index contributed by atoms with van der Waals surface area (Å²) in [6.07, 6.45) is 5.85. The predicted molar refractivity (Wildman–Crippen MR) is 473 cm³/mol. The summed E-state index contributed by atoms with van der Waals surface area (Å²) >= 11 is 0. The Morgan fingerprint density at radius 2 is 0.623 bits per heavy atom. The minimum atomic E-state index is -1.29. The van der Waals surface area contributed by atoms with Gasteiger partial charge in [0.2, 0.25) is 5.95 Å². The molecule has 0 aliphatic heterocycles. The van der Waals surface area contributed by atoms with E-state index in [9.17, 15) is 0 Å². The van der Waals surface area contributed by atoms with E-state index >= 15 is 0 Å². The van der Waals surface area contributed by atoms with Crippen molar-refractivity contribution >= 4 is 70.1 Å². The molecule has 114 heavy (non-hydrogen) atoms. The molecule has 6 aromatic heterocycles. The molecule has 0 spiro atoms. The van der Waals surface area contributed by atoms with Gasteiger partial charge in [-0.25, -0.2) is 4.98 Å². The molecule has 8 nitrogen and oxygen atoms in total. The van der Waals surface area contributed by atoms with Gasteiger partial charge in [-0.15, -0.1) is 107 Å². The Morgan fingerprint density at radius 1 is 0.254 bits per heavy atom. The van der Waals surface area contributed by atoms with E-state index in [1.54, 1.807) is 6.20 Å². The molecule has 0 fully saturated rings. The fraction of sp³-hybridized carbons (Fsp3) is 0.0588. The Kier molecular flexibility index (Phi) is 24.4. The minimum Gasteiger partial charge on any atom is -0.309 e. The Labute approximate surface area is 696 Å². The Hall–Kier alpha value is -12.3. The SMILES string of the molecule is C[Si](C)(C)c1ccc(-c2[c-]ccc(-c3ccccc3)c2)nc1.C[Si](C)(C)c1ccc(-c2[c-]ccc(-c3ccccc3)c2)nc1.[Ir].[Ir].[c-]1ccccc1-c1ccccn1.c1ccc(-c2ccc(-n3c4ccccc4c4cc(-c5ccc6c(c5)c5ccccc5n6-c5nc(-c6ccccc6)nc(-c6ccccc6)n5)ccc43)cc2)cc1. The summed E-state index contributed by atoms with van der Waals surface area (Å²) in [4.78, 5) is 28.7. The van der Waals surface area contributed by atoms with Crippen molar-refractivity contribution in [2.24, 2.45) is 0 Å². The second-order valence-electron chi connectivity index (χ2n) is 29.7. The molecular formula is C102H81Ir2N8Si2-3. The molecule has 6 heterocycles. The Balaban J connectivity index is 0.000000151. The maximum Gasteiger partial charge on any atom is 0.238 e. The monoisotopic (exact) mass is 1860 g/mol. The van der Waals surface area contributed by atoms with Crippen molar-refractivity contribution in [2.75, 3.05) is 0 Å². The molecule has 0 bridgehead atoms. The van der Waals surface area contributed by atoms with Crippen molar-refractivity contribution < 1.29 is 40.2 Å². The quantitative estimate of drug-likeness (QED) is 0.0844. The third kappa shape index (κ3) is 17.8. The van der Waals surface area contributed by atoms with E-state index in [4.69, 9.17) is 15.0 Å². The van der Waals surface area contributed by atoms with Crippen LogP contribution in [0.2, 0.25) is 39.3 Å². The van der Waals surface area contributed by atoms with Crippen molar-refractivity contribution in [1.82, 2.24) is 39.0 Å². The third-order valence-electron chi connectivity index (χ3n) is 20.1. The second-order valence-corrected chi connectivity index (χ2v) is 39.8. The summed E-state index contributed by atoms with van der Waals surface area (Å²) in [5.41, 5.74) is 23.1. The van der Waals surface area contributed by atoms with Crippen LogP contribution in [0.3, 0.4) is 0 Å². The van der Waals surface area contributed by atoms with Crippen LogP contribution in [-0.4, -0.2) is 55.2 Å². The molecule has 0 N–H and O–H groups in total. The maximum absolute atomic E-state index is 5.10. The molecular weight excluding hydrogens is 1780 g/mol. The van der Waals surface area contributed by atoms with Crippen molar-refractivity contribution in [3.63, 3.8) is 0 Å². The maximum atomic E-state index is 5.10. The predicted octanol–water partition coefficient (Wildman–Crippen LogP) is 24.8. The van der Waals surface area contributed by atoms with E-state index in [-0.39, 0.29) is 40.2 Å². The number of hydrogen-bond acceptors (Lipinski definition) is 6. The van der Waals surface area contributed by atoms with Crippen LogP contribution in [-0.2, 0) is 40.2 Å². The summed E-state index contributed by atoms with van der Waals surface area (Å²) in [6.45, 7) is 14.0. The van der Waals surface area contributed by atoms with Gasteiger partial charge >= 0.3 is 0 Å². The van der Waals surface area contributed by atoms with Crippen LogP contribution in [0.25, 0.3) is 156 Å². The number of aromatic nitrogens is 8. The fourth-order valence-electron chi connectivity index (χ4n) is 14.0. The third-order valence-corrected chi connectivity index (χ3v) is 24.1. The molecule has 0 aliphatic rings. The average Bonchev–Trinajstić information content (AvgIpc) is 1.58. The van der Waals surface area contributed by atoms with Gasteiger partial charge in [-0.3, -0.25) is 4.57 Å². The Bertz CT molecular complexity index is 6170. The van der Waals surface area contributed by atoms with Gasteiger partial charge in [-0.05, 0) is 115 Å². The number of fused-ring (bicyclic) bond motifs is 6. The molecule has 19 rings (SSSR count). The molecule has 2 radical (unpaired) electrons. The van der Waals surface area contributed by atoms with Gasteiger partial charge < -0.3 is 19.5 Å². The molecule has 0 unspecified atom stereocenters. The Morgan fingerprint density at radius 3 is 1.05 bits per heavy atom. The molecule has 0 aliphatic carbocycles. The van der Waals surface area contributed by atoms with Crippen LogP contribution >= 0.6 is 0 Å². The number of para-hydroxylation sites is 2. The number of rotatable bonds is 13. The summed E-state index contributed by atoms with van der Waals surface area (Å²) < 4.78 is 4.55. The molecule has 0 saturated heterocycles. The number of hydrogen-bond donors (Lipinski definition) is 0. The summed E-state index contributed by atoms with van der Waals surface area (Å²) in [5, 5.41) is 7.50. The first kappa shape index (κ1) is 78.3. The molecule has 558 valence electrons. The van der Waals surface area contributed by atoms with Crippen LogP contribution in [0.5, 0.6) is 0 Å². The van der Waals surface area contributed by atoms with Crippen molar-refractivity contribution in [2.45, 2.75) is 39.3 Å². The smallest absolute Gasteiger partial charge is 0.238 e. The molecule has 0 amide bonds. The van der Waals surface area contributed by atoms with Crippen molar-refractivity contribution in [3.05, 3.63) is 401 Å². The van der Waals surface area contributed by atoms with Crippen molar-refractivity contribution in [3.8, 4) is 113 Å². The van der Waals surface area contributed by atoms with Crippen LogP contribution in [0.15, 0.2) is 383 Å². The van der Waals surface area contributed by atoms with Crippen LogP contribution in [0, 0.1) is 18.2 Å². The molecule has 0 atom stereocenters. The minimum absolute atomic E-state index is 0. The van der Waals surface area contributed by atoms with Gasteiger partial charge in [0, 0.05) is 97.2 Å². The van der Waals surface area contributed by atoms with Gasteiger partial charge in [0.1, 0.15) is 0 Å². The zero-order valence-electron chi connectivity index (χ0n) is 64.1. The summed E-state index contributed by atoms with van der Waals surface area (Å²) in [5.74, 6) is 1.86. The fourth-order valence-corrected chi connectivity index (χ4v) is 16.1. The van der Waals surface area contributed by atoms with Gasteiger partial charge in [-0.2, -0.15) is 9.97 Å². The second kappa shape index (κ2) is 35.6. The summed E-state index contributed by atoms with van der Waals surface area (Å²) in [6, 6.07) is 136. The topological polar surface area (TPSA) is 87.2 Å². The van der Waals surface area contributed by atoms with Gasteiger partial charge in [0.15, 0.2) is 11.6 Å². The molecule has 13 aromatic carbocycles. The number of benzene rings is 13. The first-order chi connectivity index (χ1) is 54.8. The zero-order chi connectivity index (χ0) is 76.4. The standard InChI is InChI=1S/C51H33N5.2C20H20NSi.C11H8N.2Ir/c1-4-14-34(15-5-1)35-24-28-40(29-25-35)55-45-22-12-10-20-41(45)43-32-38(26-30-47(43)55)39-27-31-48-44(33-39)42-21-11-13-23-46(42)56(48)51-53-49(36-16-6-2-7-17-36)52-50(54-51)37-18-8-3-9-19-37;2*1-22(2,3)19-12-13-20(21-15-19)18-11-7-10-17(14-18)16-8-5-4-6-9-16;1-2-6-10(7-3-1)11-8-4-5-9-12-11;;/h1-33H;2*4-10,12-15H,1-3H3;1-6,8-9H;;/q;3*-1;;. The van der Waals surface area contributed by atoms with Crippen LogP contribution in [0.1, 0.15) is 0 Å².